The molecule has 1 aromatic rings. The first-order valence-corrected chi connectivity index (χ1v) is 5.88. The maximum Gasteiger partial charge on any atom is 0.308 e. The Balaban J connectivity index is 2.39. The molecule has 5 heteroatoms. The topological polar surface area (TPSA) is 83.6 Å². The van der Waals surface area contributed by atoms with Crippen LogP contribution in [0.5, 0.6) is 0 Å². The van der Waals surface area contributed by atoms with Gasteiger partial charge in [-0.25, -0.2) is 0 Å². The van der Waals surface area contributed by atoms with Crippen molar-refractivity contribution in [1.29, 1.82) is 0 Å². The average Bonchev–Trinajstić information content (AvgIpc) is 2.36. The number of nitrogens with two attached hydrogens (primary N) is 1. The molecular formula is C13H16N2O3. The van der Waals surface area contributed by atoms with Gasteiger partial charge in [0.25, 0.3) is 0 Å². The van der Waals surface area contributed by atoms with Crippen LogP contribution in [0.3, 0.4) is 0 Å². The summed E-state index contributed by atoms with van der Waals surface area (Å²) in [5, 5.41) is 9.13. The monoisotopic (exact) mass is 248 g/mol. The Kier molecular flexibility index (Phi) is 3.34. The van der Waals surface area contributed by atoms with Crippen molar-refractivity contribution in [3.05, 3.63) is 29.8 Å². The van der Waals surface area contributed by atoms with Crippen LogP contribution in [0.1, 0.15) is 12.5 Å². The van der Waals surface area contributed by atoms with Crippen LogP contribution >= 0.6 is 0 Å². The molecule has 2 atom stereocenters. The van der Waals surface area contributed by atoms with E-state index in [1.807, 2.05) is 24.3 Å². The lowest BCUT2D eigenvalue weighted by Gasteiger charge is -2.33. The lowest BCUT2D eigenvalue weighted by molar-refractivity contribution is -0.141. The first kappa shape index (κ1) is 12.6. The van der Waals surface area contributed by atoms with Gasteiger partial charge in [0.15, 0.2) is 0 Å². The second kappa shape index (κ2) is 4.78. The SMILES string of the molecule is C[C@H](N)C(=O)N1CC(C(=O)O)Cc2ccccc21. The number of hydrogen-bond acceptors (Lipinski definition) is 3. The highest BCUT2D eigenvalue weighted by Gasteiger charge is 2.32. The van der Waals surface area contributed by atoms with Crippen molar-refractivity contribution in [2.24, 2.45) is 11.7 Å². The van der Waals surface area contributed by atoms with Crippen LogP contribution in [-0.2, 0) is 16.0 Å². The molecule has 0 spiro atoms. The van der Waals surface area contributed by atoms with E-state index < -0.39 is 17.9 Å². The normalized spacial score (nSPS) is 20.1. The Hall–Kier alpha value is -1.88. The molecule has 3 N–H and O–H groups in total. The Morgan fingerprint density at radius 2 is 2.11 bits per heavy atom. The van der Waals surface area contributed by atoms with Crippen LogP contribution < -0.4 is 10.6 Å². The molecule has 0 aliphatic carbocycles. The van der Waals surface area contributed by atoms with E-state index in [0.29, 0.717) is 6.42 Å². The number of anilines is 1. The fourth-order valence-corrected chi connectivity index (χ4v) is 2.22. The fraction of sp³-hybridized carbons (Fsp3) is 0.385. The summed E-state index contributed by atoms with van der Waals surface area (Å²) in [5.74, 6) is -1.69. The van der Waals surface area contributed by atoms with Gasteiger partial charge in [-0.15, -0.1) is 0 Å². The Morgan fingerprint density at radius 1 is 1.44 bits per heavy atom. The summed E-state index contributed by atoms with van der Waals surface area (Å²) in [6.45, 7) is 1.79. The van der Waals surface area contributed by atoms with Crippen LogP contribution in [0.15, 0.2) is 24.3 Å². The van der Waals surface area contributed by atoms with E-state index in [4.69, 9.17) is 10.8 Å². The predicted octanol–water partition coefficient (Wildman–Crippen LogP) is 0.624. The van der Waals surface area contributed by atoms with Gasteiger partial charge in [0.2, 0.25) is 5.91 Å². The zero-order valence-corrected chi connectivity index (χ0v) is 10.2. The number of hydrogen-bond donors (Lipinski definition) is 2. The highest BCUT2D eigenvalue weighted by Crippen LogP contribution is 2.30. The fourth-order valence-electron chi connectivity index (χ4n) is 2.22. The summed E-state index contributed by atoms with van der Waals surface area (Å²) in [5.41, 5.74) is 7.26. The minimum Gasteiger partial charge on any atom is -0.481 e. The molecule has 0 saturated carbocycles. The third kappa shape index (κ3) is 2.22. The number of carboxylic acid groups (broad SMARTS) is 1. The van der Waals surface area contributed by atoms with E-state index in [1.54, 1.807) is 6.92 Å². The van der Waals surface area contributed by atoms with E-state index in [9.17, 15) is 9.59 Å². The average molecular weight is 248 g/mol. The molecule has 18 heavy (non-hydrogen) atoms. The van der Waals surface area contributed by atoms with Crippen molar-refractivity contribution in [3.63, 3.8) is 0 Å². The number of nitrogens with zero attached hydrogens (tertiary/aromatic N) is 1. The van der Waals surface area contributed by atoms with Crippen molar-refractivity contribution in [3.8, 4) is 0 Å². The smallest absolute Gasteiger partial charge is 0.308 e. The van der Waals surface area contributed by atoms with Crippen LogP contribution in [0.25, 0.3) is 0 Å². The molecule has 0 bridgehead atoms. The van der Waals surface area contributed by atoms with Crippen LogP contribution in [0.4, 0.5) is 5.69 Å². The highest BCUT2D eigenvalue weighted by atomic mass is 16.4. The first-order chi connectivity index (χ1) is 8.50. The quantitative estimate of drug-likeness (QED) is 0.803. The summed E-state index contributed by atoms with van der Waals surface area (Å²) >= 11 is 0. The van der Waals surface area contributed by atoms with Crippen LogP contribution in [0.2, 0.25) is 0 Å². The van der Waals surface area contributed by atoms with Gasteiger partial charge < -0.3 is 15.7 Å². The molecule has 0 aromatic heterocycles. The van der Waals surface area contributed by atoms with Crippen LogP contribution in [-0.4, -0.2) is 29.6 Å². The molecule has 0 fully saturated rings. The number of carbonyl (C=O) groups is 2. The second-order valence-corrected chi connectivity index (χ2v) is 4.61. The minimum atomic E-state index is -0.882. The molecule has 2 rings (SSSR count). The molecule has 1 unspecified atom stereocenters. The molecule has 1 aliphatic heterocycles. The van der Waals surface area contributed by atoms with E-state index in [0.717, 1.165) is 11.3 Å². The summed E-state index contributed by atoms with van der Waals surface area (Å²) in [6, 6.07) is 6.73. The summed E-state index contributed by atoms with van der Waals surface area (Å²) in [4.78, 5) is 24.7. The van der Waals surface area contributed by atoms with Gasteiger partial charge in [-0.3, -0.25) is 9.59 Å². The van der Waals surface area contributed by atoms with Crippen molar-refractivity contribution < 1.29 is 14.7 Å². The number of rotatable bonds is 2. The van der Waals surface area contributed by atoms with Crippen LogP contribution in [0, 0.1) is 5.92 Å². The number of para-hydroxylation sites is 1. The molecule has 1 aliphatic rings. The van der Waals surface area contributed by atoms with Gasteiger partial charge in [-0.05, 0) is 25.0 Å². The molecule has 96 valence electrons. The van der Waals surface area contributed by atoms with Gasteiger partial charge in [0.1, 0.15) is 0 Å². The highest BCUT2D eigenvalue weighted by molar-refractivity contribution is 5.98. The van der Waals surface area contributed by atoms with Gasteiger partial charge in [0.05, 0.1) is 12.0 Å². The number of fused-ring (bicyclic) bond motifs is 1. The van der Waals surface area contributed by atoms with E-state index in [1.165, 1.54) is 4.90 Å². The molecule has 5 nitrogen and oxygen atoms in total. The molecule has 1 aromatic carbocycles. The van der Waals surface area contributed by atoms with Gasteiger partial charge in [-0.2, -0.15) is 0 Å². The maximum atomic E-state index is 12.0. The summed E-state index contributed by atoms with van der Waals surface area (Å²) in [7, 11) is 0. The minimum absolute atomic E-state index is 0.187. The zero-order chi connectivity index (χ0) is 13.3. The largest absolute Gasteiger partial charge is 0.481 e. The molecule has 0 saturated heterocycles. The predicted molar refractivity (Wildman–Crippen MR) is 67.3 cm³/mol. The molecule has 0 radical (unpaired) electrons. The van der Waals surface area contributed by atoms with E-state index in [2.05, 4.69) is 0 Å². The number of carboxylic acids is 1. The molecular weight excluding hydrogens is 232 g/mol. The molecule has 1 amide bonds. The summed E-state index contributed by atoms with van der Waals surface area (Å²) in [6.07, 6.45) is 0.453. The van der Waals surface area contributed by atoms with Gasteiger partial charge in [-0.1, -0.05) is 18.2 Å². The number of carbonyl (C=O) groups excluding carboxylic acids is 1. The Morgan fingerprint density at radius 3 is 2.72 bits per heavy atom. The van der Waals surface area contributed by atoms with Crippen molar-refractivity contribution in [2.75, 3.05) is 11.4 Å². The number of amides is 1. The third-order valence-corrected chi connectivity index (χ3v) is 3.16. The zero-order valence-electron chi connectivity index (χ0n) is 10.2. The van der Waals surface area contributed by atoms with Gasteiger partial charge >= 0.3 is 5.97 Å². The Bertz CT molecular complexity index is 485. The van der Waals surface area contributed by atoms with Gasteiger partial charge in [0, 0.05) is 12.2 Å². The Labute approximate surface area is 105 Å². The third-order valence-electron chi connectivity index (χ3n) is 3.16. The van der Waals surface area contributed by atoms with Crippen molar-refractivity contribution in [2.45, 2.75) is 19.4 Å². The van der Waals surface area contributed by atoms with E-state index >= 15 is 0 Å². The lowest BCUT2D eigenvalue weighted by atomic mass is 9.92. The van der Waals surface area contributed by atoms with E-state index in [-0.39, 0.29) is 12.5 Å². The summed E-state index contributed by atoms with van der Waals surface area (Å²) < 4.78 is 0. The molecule has 1 heterocycles. The van der Waals surface area contributed by atoms with Crippen molar-refractivity contribution >= 4 is 17.6 Å². The first-order valence-electron chi connectivity index (χ1n) is 5.88. The number of aliphatic carboxylic acids is 1. The lowest BCUT2D eigenvalue weighted by Crippen LogP contribution is -2.48. The number of benzene rings is 1. The second-order valence-electron chi connectivity index (χ2n) is 4.61. The standard InChI is InChI=1S/C13H16N2O3/c1-8(14)12(16)15-7-10(13(17)18)6-9-4-2-3-5-11(9)15/h2-5,8,10H,6-7,14H2,1H3,(H,17,18)/t8-,10?/m0/s1. The maximum absolute atomic E-state index is 12.0. The van der Waals surface area contributed by atoms with Crippen molar-refractivity contribution in [1.82, 2.24) is 0 Å².